The summed E-state index contributed by atoms with van der Waals surface area (Å²) in [5.41, 5.74) is 2.55. The first-order chi connectivity index (χ1) is 10.3. The smallest absolute Gasteiger partial charge is 0.225 e. The second-order valence-electron chi connectivity index (χ2n) is 6.23. The Morgan fingerprint density at radius 2 is 1.76 bits per heavy atom. The van der Waals surface area contributed by atoms with Crippen LogP contribution in [-0.4, -0.2) is 37.0 Å². The number of carbonyl (C=O) groups is 1. The van der Waals surface area contributed by atoms with Crippen molar-refractivity contribution in [1.82, 2.24) is 15.5 Å². The molecule has 2 aliphatic heterocycles. The van der Waals surface area contributed by atoms with Crippen LogP contribution in [-0.2, 0) is 17.9 Å². The van der Waals surface area contributed by atoms with Crippen molar-refractivity contribution in [3.8, 4) is 0 Å². The van der Waals surface area contributed by atoms with E-state index < -0.39 is 0 Å². The molecule has 4 heteroatoms. The van der Waals surface area contributed by atoms with Crippen molar-refractivity contribution < 1.29 is 4.79 Å². The molecule has 1 amide bonds. The van der Waals surface area contributed by atoms with Gasteiger partial charge in [-0.15, -0.1) is 0 Å². The normalized spacial score (nSPS) is 20.0. The molecule has 0 radical (unpaired) electrons. The molecule has 2 heterocycles. The molecular formula is C17H25N3O. The van der Waals surface area contributed by atoms with Gasteiger partial charge in [-0.2, -0.15) is 0 Å². The van der Waals surface area contributed by atoms with Crippen molar-refractivity contribution in [1.29, 1.82) is 0 Å². The zero-order valence-corrected chi connectivity index (χ0v) is 12.6. The highest BCUT2D eigenvalue weighted by atomic mass is 16.2. The molecule has 0 spiro atoms. The van der Waals surface area contributed by atoms with Gasteiger partial charge in [0.1, 0.15) is 0 Å². The van der Waals surface area contributed by atoms with Gasteiger partial charge in [-0.1, -0.05) is 30.7 Å². The first-order valence-corrected chi connectivity index (χ1v) is 8.10. The third-order valence-electron chi connectivity index (χ3n) is 4.50. The van der Waals surface area contributed by atoms with Crippen LogP contribution in [0.2, 0.25) is 0 Å². The molecule has 2 fully saturated rings. The van der Waals surface area contributed by atoms with Gasteiger partial charge in [-0.25, -0.2) is 0 Å². The lowest BCUT2D eigenvalue weighted by Gasteiger charge is -2.26. The van der Waals surface area contributed by atoms with Crippen LogP contribution in [0.25, 0.3) is 0 Å². The van der Waals surface area contributed by atoms with Crippen LogP contribution in [0.5, 0.6) is 0 Å². The molecule has 114 valence electrons. The molecular weight excluding hydrogens is 262 g/mol. The Balaban J connectivity index is 1.45. The Hall–Kier alpha value is -1.39. The molecule has 2 aliphatic rings. The zero-order valence-electron chi connectivity index (χ0n) is 12.6. The molecule has 1 aromatic carbocycles. The lowest BCUT2D eigenvalue weighted by molar-refractivity contribution is -0.126. The summed E-state index contributed by atoms with van der Waals surface area (Å²) >= 11 is 0. The lowest BCUT2D eigenvalue weighted by Crippen LogP contribution is -2.50. The SMILES string of the molecule is O=C(NCc1ccc(CN2CCCCC2)cc1)C1CNC1. The van der Waals surface area contributed by atoms with Crippen LogP contribution in [0.15, 0.2) is 24.3 Å². The van der Waals surface area contributed by atoms with E-state index in [1.54, 1.807) is 0 Å². The van der Waals surface area contributed by atoms with Crippen LogP contribution in [0, 0.1) is 5.92 Å². The Morgan fingerprint density at radius 3 is 2.38 bits per heavy atom. The molecule has 0 unspecified atom stereocenters. The number of hydrogen-bond donors (Lipinski definition) is 2. The van der Waals surface area contributed by atoms with Crippen molar-refractivity contribution in [2.75, 3.05) is 26.2 Å². The monoisotopic (exact) mass is 287 g/mol. The number of nitrogens with zero attached hydrogens (tertiary/aromatic N) is 1. The molecule has 0 aromatic heterocycles. The number of amides is 1. The van der Waals surface area contributed by atoms with E-state index in [0.717, 1.165) is 19.6 Å². The third kappa shape index (κ3) is 4.05. The molecule has 0 aliphatic carbocycles. The maximum Gasteiger partial charge on any atom is 0.225 e. The first kappa shape index (κ1) is 14.5. The minimum atomic E-state index is 0.170. The minimum Gasteiger partial charge on any atom is -0.352 e. The van der Waals surface area contributed by atoms with E-state index in [1.165, 1.54) is 43.5 Å². The molecule has 4 nitrogen and oxygen atoms in total. The van der Waals surface area contributed by atoms with Gasteiger partial charge < -0.3 is 10.6 Å². The van der Waals surface area contributed by atoms with Gasteiger partial charge in [0.2, 0.25) is 5.91 Å². The highest BCUT2D eigenvalue weighted by Gasteiger charge is 2.24. The standard InChI is InChI=1S/C17H25N3O/c21-17(16-11-18-12-16)19-10-14-4-6-15(7-5-14)13-20-8-2-1-3-9-20/h4-7,16,18H,1-3,8-13H2,(H,19,21). The van der Waals surface area contributed by atoms with Crippen molar-refractivity contribution in [2.45, 2.75) is 32.4 Å². The van der Waals surface area contributed by atoms with Crippen molar-refractivity contribution >= 4 is 5.91 Å². The molecule has 21 heavy (non-hydrogen) atoms. The molecule has 0 atom stereocenters. The number of hydrogen-bond acceptors (Lipinski definition) is 3. The van der Waals surface area contributed by atoms with Crippen molar-refractivity contribution in [2.24, 2.45) is 5.92 Å². The van der Waals surface area contributed by atoms with Gasteiger partial charge >= 0.3 is 0 Å². The quantitative estimate of drug-likeness (QED) is 0.863. The Kier molecular flexibility index (Phi) is 4.88. The van der Waals surface area contributed by atoms with Gasteiger partial charge in [-0.05, 0) is 37.1 Å². The summed E-state index contributed by atoms with van der Waals surface area (Å²) in [6, 6.07) is 8.67. The molecule has 3 rings (SSSR count). The van der Waals surface area contributed by atoms with Crippen LogP contribution in [0.3, 0.4) is 0 Å². The van der Waals surface area contributed by atoms with E-state index in [1.807, 2.05) is 0 Å². The number of piperidine rings is 1. The fraction of sp³-hybridized carbons (Fsp3) is 0.588. The highest BCUT2D eigenvalue weighted by Crippen LogP contribution is 2.13. The first-order valence-electron chi connectivity index (χ1n) is 8.10. The summed E-state index contributed by atoms with van der Waals surface area (Å²) in [6.07, 6.45) is 4.05. The number of carbonyl (C=O) groups excluding carboxylic acids is 1. The van der Waals surface area contributed by atoms with E-state index in [4.69, 9.17) is 0 Å². The average molecular weight is 287 g/mol. The molecule has 2 N–H and O–H groups in total. The third-order valence-corrected chi connectivity index (χ3v) is 4.50. The number of benzene rings is 1. The molecule has 0 bridgehead atoms. The van der Waals surface area contributed by atoms with E-state index in [0.29, 0.717) is 6.54 Å². The van der Waals surface area contributed by atoms with Gasteiger partial charge in [0.25, 0.3) is 0 Å². The summed E-state index contributed by atoms with van der Waals surface area (Å²) in [7, 11) is 0. The molecule has 0 saturated carbocycles. The summed E-state index contributed by atoms with van der Waals surface area (Å²) < 4.78 is 0. The van der Waals surface area contributed by atoms with E-state index in [9.17, 15) is 4.79 Å². The zero-order chi connectivity index (χ0) is 14.5. The Bertz CT molecular complexity index is 461. The Morgan fingerprint density at radius 1 is 1.10 bits per heavy atom. The summed E-state index contributed by atoms with van der Waals surface area (Å²) in [6.45, 7) is 5.79. The van der Waals surface area contributed by atoms with Gasteiger partial charge in [0.05, 0.1) is 5.92 Å². The van der Waals surface area contributed by atoms with Crippen molar-refractivity contribution in [3.63, 3.8) is 0 Å². The summed E-state index contributed by atoms with van der Waals surface area (Å²) in [5.74, 6) is 0.342. The fourth-order valence-corrected chi connectivity index (χ4v) is 2.95. The van der Waals surface area contributed by atoms with Crippen LogP contribution >= 0.6 is 0 Å². The van der Waals surface area contributed by atoms with Gasteiger partial charge in [0, 0.05) is 26.2 Å². The maximum atomic E-state index is 11.8. The van der Waals surface area contributed by atoms with E-state index >= 15 is 0 Å². The molecule has 2 saturated heterocycles. The highest BCUT2D eigenvalue weighted by molar-refractivity contribution is 5.79. The fourth-order valence-electron chi connectivity index (χ4n) is 2.95. The maximum absolute atomic E-state index is 11.8. The average Bonchev–Trinajstić information content (AvgIpc) is 2.46. The molecule has 1 aromatic rings. The predicted molar refractivity (Wildman–Crippen MR) is 83.8 cm³/mol. The van der Waals surface area contributed by atoms with Gasteiger partial charge in [-0.3, -0.25) is 9.69 Å². The second-order valence-corrected chi connectivity index (χ2v) is 6.23. The number of likely N-dealkylation sites (tertiary alicyclic amines) is 1. The van der Waals surface area contributed by atoms with Crippen LogP contribution < -0.4 is 10.6 Å². The van der Waals surface area contributed by atoms with Crippen molar-refractivity contribution in [3.05, 3.63) is 35.4 Å². The second kappa shape index (κ2) is 7.05. The van der Waals surface area contributed by atoms with Crippen LogP contribution in [0.4, 0.5) is 0 Å². The summed E-state index contributed by atoms with van der Waals surface area (Å²) in [5, 5.41) is 6.13. The van der Waals surface area contributed by atoms with E-state index in [-0.39, 0.29) is 11.8 Å². The Labute approximate surface area is 126 Å². The van der Waals surface area contributed by atoms with Crippen LogP contribution in [0.1, 0.15) is 30.4 Å². The number of nitrogens with one attached hydrogen (secondary N) is 2. The summed E-state index contributed by atoms with van der Waals surface area (Å²) in [4.78, 5) is 14.3. The number of rotatable bonds is 5. The topological polar surface area (TPSA) is 44.4 Å². The van der Waals surface area contributed by atoms with E-state index in [2.05, 4.69) is 39.8 Å². The minimum absolute atomic E-state index is 0.170. The largest absolute Gasteiger partial charge is 0.352 e. The van der Waals surface area contributed by atoms with Gasteiger partial charge in [0.15, 0.2) is 0 Å². The lowest BCUT2D eigenvalue weighted by atomic mass is 10.0. The predicted octanol–water partition coefficient (Wildman–Crippen LogP) is 1.51.